The molecule has 0 radical (unpaired) electrons. The molecule has 1 aliphatic carbocycles. The second kappa shape index (κ2) is 3.72. The maximum Gasteiger partial charge on any atom is 0.306 e. The molecule has 1 aliphatic rings. The van der Waals surface area contributed by atoms with Crippen LogP contribution in [-0.4, -0.2) is 17.6 Å². The lowest BCUT2D eigenvalue weighted by Gasteiger charge is -2.24. The molecule has 1 fully saturated rings. The van der Waals surface area contributed by atoms with Gasteiger partial charge in [-0.15, -0.1) is 0 Å². The van der Waals surface area contributed by atoms with E-state index in [4.69, 9.17) is 13.6 Å². The molecule has 11 heavy (non-hydrogen) atoms. The molecule has 1 saturated carbocycles. The van der Waals surface area contributed by atoms with Gasteiger partial charge in [0.05, 0.1) is 5.92 Å². The fraction of sp³-hybridized carbons (Fsp3) is 0.875. The Kier molecular flexibility index (Phi) is 2.03. The largest absolute Gasteiger partial charge is 0.481 e. The van der Waals surface area contributed by atoms with Crippen LogP contribution in [0.1, 0.15) is 28.4 Å². The number of carbonyl (C=O) groups is 1. The molecule has 0 aromatic carbocycles. The lowest BCUT2D eigenvalue weighted by atomic mass is 9.82. The highest BCUT2D eigenvalue weighted by atomic mass is 16.4. The van der Waals surface area contributed by atoms with E-state index >= 15 is 0 Å². The predicted octanol–water partition coefficient (Wildman–Crippen LogP) is 0.836. The maximum atomic E-state index is 10.6. The quantitative estimate of drug-likeness (QED) is 0.627. The van der Waals surface area contributed by atoms with Crippen molar-refractivity contribution in [2.75, 3.05) is 6.50 Å². The third-order valence-electron chi connectivity index (χ3n) is 2.31. The molecule has 0 aromatic rings. The summed E-state index contributed by atoms with van der Waals surface area (Å²) in [4.78, 5) is 10.6. The fourth-order valence-electron chi connectivity index (χ4n) is 1.51. The minimum absolute atomic E-state index is 0.178. The highest BCUT2D eigenvalue weighted by Gasteiger charge is 2.24. The van der Waals surface area contributed by atoms with Gasteiger partial charge in [0.15, 0.2) is 0 Å². The summed E-state index contributed by atoms with van der Waals surface area (Å²) in [5, 5.41) is 8.70. The molecule has 0 aliphatic heterocycles. The topological polar surface area (TPSA) is 63.3 Å². The van der Waals surface area contributed by atoms with Gasteiger partial charge < -0.3 is 10.8 Å². The Hall–Kier alpha value is -0.570. The van der Waals surface area contributed by atoms with Gasteiger partial charge in [0, 0.05) is 2.74 Å². The summed E-state index contributed by atoms with van der Waals surface area (Å²) in [5.74, 6) is -1.24. The highest BCUT2D eigenvalue weighted by Crippen LogP contribution is 2.27. The molecule has 64 valence electrons. The summed E-state index contributed by atoms with van der Waals surface area (Å²) in [6.45, 7) is -1.65. The lowest BCUT2D eigenvalue weighted by Crippen LogP contribution is -2.25. The SMILES string of the molecule is [2H]C([2H])(N)C1CCC(C(=O)O)CC1. The van der Waals surface area contributed by atoms with Crippen molar-refractivity contribution >= 4 is 5.97 Å². The van der Waals surface area contributed by atoms with Crippen LogP contribution in [0.5, 0.6) is 0 Å². The average Bonchev–Trinajstić information content (AvgIpc) is 2.03. The number of rotatable bonds is 2. The van der Waals surface area contributed by atoms with Crippen molar-refractivity contribution in [3.8, 4) is 0 Å². The third kappa shape index (κ3) is 2.19. The summed E-state index contributed by atoms with van der Waals surface area (Å²) in [7, 11) is 0. The van der Waals surface area contributed by atoms with E-state index in [-0.39, 0.29) is 11.8 Å². The Balaban J connectivity index is 2.44. The molecule has 0 bridgehead atoms. The van der Waals surface area contributed by atoms with E-state index in [2.05, 4.69) is 0 Å². The molecule has 3 nitrogen and oxygen atoms in total. The summed E-state index contributed by atoms with van der Waals surface area (Å²) in [5.41, 5.74) is 5.32. The van der Waals surface area contributed by atoms with Gasteiger partial charge in [0.25, 0.3) is 0 Å². The Labute approximate surface area is 69.4 Å². The average molecular weight is 159 g/mol. The van der Waals surface area contributed by atoms with Crippen LogP contribution in [0.2, 0.25) is 0 Å². The van der Waals surface area contributed by atoms with Crippen LogP contribution < -0.4 is 5.73 Å². The molecule has 0 heterocycles. The van der Waals surface area contributed by atoms with Gasteiger partial charge in [-0.2, -0.15) is 0 Å². The van der Waals surface area contributed by atoms with Crippen molar-refractivity contribution < 1.29 is 12.6 Å². The fourth-order valence-corrected chi connectivity index (χ4v) is 1.51. The van der Waals surface area contributed by atoms with E-state index < -0.39 is 12.5 Å². The van der Waals surface area contributed by atoms with Crippen LogP contribution in [0.4, 0.5) is 0 Å². The van der Waals surface area contributed by atoms with Crippen LogP contribution in [-0.2, 0) is 4.79 Å². The molecule has 0 spiro atoms. The Bertz CT molecular complexity index is 195. The molecular weight excluding hydrogens is 142 g/mol. The molecule has 3 heteroatoms. The maximum absolute atomic E-state index is 10.6. The Morgan fingerprint density at radius 2 is 2.09 bits per heavy atom. The van der Waals surface area contributed by atoms with E-state index in [1.807, 2.05) is 0 Å². The molecule has 3 N–H and O–H groups in total. The first-order valence-corrected chi connectivity index (χ1v) is 3.93. The van der Waals surface area contributed by atoms with Gasteiger partial charge in [-0.25, -0.2) is 0 Å². The Morgan fingerprint density at radius 1 is 1.55 bits per heavy atom. The van der Waals surface area contributed by atoms with Gasteiger partial charge in [-0.1, -0.05) is 0 Å². The normalized spacial score (nSPS) is 35.7. The Morgan fingerprint density at radius 3 is 2.45 bits per heavy atom. The van der Waals surface area contributed by atoms with E-state index in [0.29, 0.717) is 25.7 Å². The van der Waals surface area contributed by atoms with E-state index in [1.165, 1.54) is 0 Å². The summed E-state index contributed by atoms with van der Waals surface area (Å²) in [6.07, 6.45) is 2.27. The van der Waals surface area contributed by atoms with Crippen LogP contribution in [0.25, 0.3) is 0 Å². The van der Waals surface area contributed by atoms with Gasteiger partial charge in [-0.3, -0.25) is 4.79 Å². The summed E-state index contributed by atoms with van der Waals surface area (Å²) >= 11 is 0. The van der Waals surface area contributed by atoms with Crippen molar-refractivity contribution in [1.82, 2.24) is 0 Å². The van der Waals surface area contributed by atoms with Crippen LogP contribution in [0, 0.1) is 11.8 Å². The van der Waals surface area contributed by atoms with Gasteiger partial charge in [0.2, 0.25) is 0 Å². The molecule has 1 rings (SSSR count). The van der Waals surface area contributed by atoms with Gasteiger partial charge in [-0.05, 0) is 38.1 Å². The summed E-state index contributed by atoms with van der Waals surface area (Å²) < 4.78 is 14.6. The van der Waals surface area contributed by atoms with E-state index in [9.17, 15) is 4.79 Å². The predicted molar refractivity (Wildman–Crippen MR) is 42.1 cm³/mol. The third-order valence-corrected chi connectivity index (χ3v) is 2.31. The van der Waals surface area contributed by atoms with E-state index in [0.717, 1.165) is 0 Å². The van der Waals surface area contributed by atoms with Crippen molar-refractivity contribution in [2.45, 2.75) is 25.7 Å². The van der Waals surface area contributed by atoms with E-state index in [1.54, 1.807) is 0 Å². The number of carboxylic acid groups (broad SMARTS) is 1. The first-order chi connectivity index (χ1) is 5.91. The van der Waals surface area contributed by atoms with Crippen LogP contribution in [0.3, 0.4) is 0 Å². The standard InChI is InChI=1S/C8H15NO2/c9-5-6-1-3-7(4-2-6)8(10)11/h6-7H,1-5,9H2,(H,10,11)/i5D2. The van der Waals surface area contributed by atoms with Crippen LogP contribution >= 0.6 is 0 Å². The minimum atomic E-state index is -1.65. The highest BCUT2D eigenvalue weighted by molar-refractivity contribution is 5.69. The number of aliphatic carboxylic acids is 1. The first-order valence-electron chi connectivity index (χ1n) is 4.93. The van der Waals surface area contributed by atoms with Crippen molar-refractivity contribution in [2.24, 2.45) is 17.6 Å². The first kappa shape index (κ1) is 6.00. The molecule has 0 saturated heterocycles. The second-order valence-electron chi connectivity index (χ2n) is 3.05. The van der Waals surface area contributed by atoms with Crippen molar-refractivity contribution in [3.63, 3.8) is 0 Å². The molecule has 0 unspecified atom stereocenters. The molecule has 0 aromatic heterocycles. The van der Waals surface area contributed by atoms with Gasteiger partial charge >= 0.3 is 5.97 Å². The molecule has 0 atom stereocenters. The second-order valence-corrected chi connectivity index (χ2v) is 3.05. The zero-order valence-electron chi connectivity index (χ0n) is 8.42. The number of hydrogen-bond acceptors (Lipinski definition) is 2. The monoisotopic (exact) mass is 159 g/mol. The smallest absolute Gasteiger partial charge is 0.306 e. The van der Waals surface area contributed by atoms with Crippen LogP contribution in [0.15, 0.2) is 0 Å². The van der Waals surface area contributed by atoms with Gasteiger partial charge in [0.1, 0.15) is 0 Å². The van der Waals surface area contributed by atoms with Crippen molar-refractivity contribution in [3.05, 3.63) is 0 Å². The number of hydrogen-bond donors (Lipinski definition) is 2. The zero-order valence-corrected chi connectivity index (χ0v) is 6.42. The molecule has 0 amide bonds. The number of carboxylic acids is 1. The van der Waals surface area contributed by atoms with Crippen molar-refractivity contribution in [1.29, 1.82) is 0 Å². The zero-order chi connectivity index (χ0) is 10.1. The summed E-state index contributed by atoms with van der Waals surface area (Å²) in [6, 6.07) is 0. The minimum Gasteiger partial charge on any atom is -0.481 e. The lowest BCUT2D eigenvalue weighted by molar-refractivity contribution is -0.143. The number of nitrogens with two attached hydrogens (primary N) is 1. The molecular formula is C8H15NO2.